The van der Waals surface area contributed by atoms with Crippen LogP contribution < -0.4 is 5.32 Å². The number of ether oxygens (including phenoxy) is 1. The lowest BCUT2D eigenvalue weighted by Gasteiger charge is -2.33. The van der Waals surface area contributed by atoms with Gasteiger partial charge in [0.1, 0.15) is 23.7 Å². The summed E-state index contributed by atoms with van der Waals surface area (Å²) in [7, 11) is 2.73. The number of nitrogens with zero attached hydrogens (tertiary/aromatic N) is 5. The second-order valence-electron chi connectivity index (χ2n) is 15.8. The summed E-state index contributed by atoms with van der Waals surface area (Å²) in [5, 5.41) is 14.3. The van der Waals surface area contributed by atoms with Gasteiger partial charge < -0.3 is 34.9 Å². The van der Waals surface area contributed by atoms with Gasteiger partial charge in [-0.25, -0.2) is 19.6 Å². The largest absolute Gasteiger partial charge is 0.465 e. The zero-order valence-electron chi connectivity index (χ0n) is 33.7. The molecule has 0 radical (unpaired) electrons. The standard InChI is InChI=1S/C44H50N8O6/c1-25(2)36(49-43(55)58-6)41(53)51-21-8-10-35(51)40-46-32-20-18-30-23-28(15-19-31(30)37(32)48-40)12-11-27-13-16-29(17-14-27)33-24-45-39(47-33)34-9-7-22-52(34)42(54)38(26(3)4)50(5)44(56)57/h13-20,23-26,34-36,38H,7-10,21-22H2,1-6H3,(H,45,47)(H,46,48)(H,49,55)(H,56,57)/t34-,35?,36-,38-/m0/s1. The number of aromatic amines is 2. The maximum Gasteiger partial charge on any atom is 0.407 e. The number of hydrogen-bond acceptors (Lipinski definition) is 7. The van der Waals surface area contributed by atoms with Crippen molar-refractivity contribution in [2.75, 3.05) is 27.2 Å². The number of carbonyl (C=O) groups is 4. The minimum absolute atomic E-state index is 0.115. The van der Waals surface area contributed by atoms with E-state index in [0.717, 1.165) is 80.6 Å². The minimum atomic E-state index is -1.13. The van der Waals surface area contributed by atoms with Gasteiger partial charge in [0.15, 0.2) is 0 Å². The van der Waals surface area contributed by atoms with Gasteiger partial charge in [0.25, 0.3) is 0 Å². The van der Waals surface area contributed by atoms with Gasteiger partial charge in [-0.15, -0.1) is 0 Å². The Hall–Kier alpha value is -6.36. The fraction of sp³-hybridized carbons (Fsp3) is 0.409. The second kappa shape index (κ2) is 16.6. The molecule has 2 fully saturated rings. The average molecular weight is 787 g/mol. The predicted molar refractivity (Wildman–Crippen MR) is 220 cm³/mol. The quantitative estimate of drug-likeness (QED) is 0.117. The lowest BCUT2D eigenvalue weighted by atomic mass is 10.0. The molecule has 302 valence electrons. The molecule has 2 aromatic heterocycles. The number of nitrogens with one attached hydrogen (secondary N) is 3. The van der Waals surface area contributed by atoms with Crippen LogP contribution in [0.5, 0.6) is 0 Å². The number of likely N-dealkylation sites (N-methyl/N-ethyl adjacent to an activating group) is 1. The highest BCUT2D eigenvalue weighted by Gasteiger charge is 2.40. The molecule has 5 aromatic rings. The van der Waals surface area contributed by atoms with Crippen molar-refractivity contribution in [1.82, 2.24) is 40.0 Å². The number of rotatable bonds is 9. The third-order valence-corrected chi connectivity index (χ3v) is 11.3. The molecule has 58 heavy (non-hydrogen) atoms. The Morgan fingerprint density at radius 2 is 1.52 bits per heavy atom. The Morgan fingerprint density at radius 1 is 0.862 bits per heavy atom. The monoisotopic (exact) mass is 786 g/mol. The first-order valence-corrected chi connectivity index (χ1v) is 19.9. The van der Waals surface area contributed by atoms with Crippen molar-refractivity contribution < 1.29 is 29.0 Å². The van der Waals surface area contributed by atoms with Crippen molar-refractivity contribution >= 4 is 45.8 Å². The number of amides is 4. The van der Waals surface area contributed by atoms with Gasteiger partial charge in [0.05, 0.1) is 42.1 Å². The van der Waals surface area contributed by atoms with Gasteiger partial charge in [0, 0.05) is 36.7 Å². The Morgan fingerprint density at radius 3 is 2.17 bits per heavy atom. The molecular weight excluding hydrogens is 737 g/mol. The van der Waals surface area contributed by atoms with Crippen LogP contribution >= 0.6 is 0 Å². The highest BCUT2D eigenvalue weighted by molar-refractivity contribution is 6.04. The van der Waals surface area contributed by atoms with Crippen molar-refractivity contribution in [3.8, 4) is 23.1 Å². The van der Waals surface area contributed by atoms with E-state index in [-0.39, 0.29) is 35.7 Å². The van der Waals surface area contributed by atoms with Gasteiger partial charge in [-0.1, -0.05) is 63.8 Å². The number of hydrogen-bond donors (Lipinski definition) is 4. The van der Waals surface area contributed by atoms with Crippen LogP contribution in [-0.2, 0) is 14.3 Å². The molecule has 4 atom stereocenters. The first kappa shape index (κ1) is 39.9. The molecule has 4 heterocycles. The Kier molecular flexibility index (Phi) is 11.4. The summed E-state index contributed by atoms with van der Waals surface area (Å²) in [6, 6.07) is 16.1. The number of benzene rings is 3. The fourth-order valence-corrected chi connectivity index (χ4v) is 8.28. The van der Waals surface area contributed by atoms with E-state index in [1.165, 1.54) is 14.2 Å². The van der Waals surface area contributed by atoms with Gasteiger partial charge in [-0.2, -0.15) is 0 Å². The summed E-state index contributed by atoms with van der Waals surface area (Å²) in [6.07, 6.45) is 3.18. The zero-order chi connectivity index (χ0) is 41.2. The summed E-state index contributed by atoms with van der Waals surface area (Å²) < 4.78 is 4.77. The van der Waals surface area contributed by atoms with Crippen molar-refractivity contribution in [2.45, 2.75) is 77.5 Å². The number of imidazole rings is 2. The van der Waals surface area contributed by atoms with Crippen LogP contribution in [-0.4, -0.2) is 103 Å². The van der Waals surface area contributed by atoms with Gasteiger partial charge in [-0.3, -0.25) is 14.5 Å². The number of H-pyrrole nitrogens is 2. The molecule has 4 N–H and O–H groups in total. The lowest BCUT2D eigenvalue weighted by molar-refractivity contribution is -0.138. The number of alkyl carbamates (subject to hydrolysis) is 1. The molecule has 0 aliphatic carbocycles. The molecule has 2 saturated heterocycles. The molecule has 0 bridgehead atoms. The maximum atomic E-state index is 13.6. The van der Waals surface area contributed by atoms with Crippen molar-refractivity contribution in [2.24, 2.45) is 11.8 Å². The van der Waals surface area contributed by atoms with Crippen LogP contribution in [0.4, 0.5) is 9.59 Å². The average Bonchev–Trinajstić information content (AvgIpc) is 4.05. The van der Waals surface area contributed by atoms with E-state index in [2.05, 4.69) is 32.1 Å². The van der Waals surface area contributed by atoms with Crippen LogP contribution in [0.3, 0.4) is 0 Å². The minimum Gasteiger partial charge on any atom is -0.465 e. The van der Waals surface area contributed by atoms with Crippen LogP contribution in [0.2, 0.25) is 0 Å². The number of fused-ring (bicyclic) bond motifs is 3. The first-order chi connectivity index (χ1) is 27.8. The zero-order valence-corrected chi connectivity index (χ0v) is 33.7. The van der Waals surface area contributed by atoms with Crippen molar-refractivity contribution in [3.63, 3.8) is 0 Å². The van der Waals surface area contributed by atoms with Crippen molar-refractivity contribution in [1.29, 1.82) is 0 Å². The molecule has 0 saturated carbocycles. The highest BCUT2D eigenvalue weighted by Crippen LogP contribution is 2.35. The van der Waals surface area contributed by atoms with Crippen LogP contribution in [0, 0.1) is 23.7 Å². The van der Waals surface area contributed by atoms with Gasteiger partial charge >= 0.3 is 12.2 Å². The SMILES string of the molecule is COC(=O)N[C@H](C(=O)N1CCCC1c1nc2c(ccc3cc(C#Cc4ccc(-c5cnc([C@@H]6CCCN6C(=O)[C@H](C(C)C)N(C)C(=O)O)[nH]5)cc4)ccc32)[nH]1)C(C)C. The van der Waals surface area contributed by atoms with Crippen molar-refractivity contribution in [3.05, 3.63) is 83.6 Å². The van der Waals surface area contributed by atoms with E-state index in [1.54, 1.807) is 11.1 Å². The van der Waals surface area contributed by atoms with E-state index in [9.17, 15) is 24.3 Å². The highest BCUT2D eigenvalue weighted by atomic mass is 16.5. The van der Waals surface area contributed by atoms with Crippen LogP contribution in [0.15, 0.2) is 60.8 Å². The Balaban J connectivity index is 1.04. The molecule has 2 aliphatic heterocycles. The van der Waals surface area contributed by atoms with Gasteiger partial charge in [-0.05, 0) is 78.8 Å². The molecule has 3 aromatic carbocycles. The van der Waals surface area contributed by atoms with E-state index in [1.807, 2.05) is 87.2 Å². The molecule has 4 amide bonds. The molecule has 7 rings (SSSR count). The summed E-state index contributed by atoms with van der Waals surface area (Å²) >= 11 is 0. The second-order valence-corrected chi connectivity index (χ2v) is 15.8. The Labute approximate surface area is 337 Å². The predicted octanol–water partition coefficient (Wildman–Crippen LogP) is 6.85. The molecule has 0 spiro atoms. The topological polar surface area (TPSA) is 177 Å². The fourth-order valence-electron chi connectivity index (χ4n) is 8.28. The van der Waals surface area contributed by atoms with E-state index < -0.39 is 24.3 Å². The van der Waals surface area contributed by atoms with Gasteiger partial charge in [0.2, 0.25) is 11.8 Å². The maximum absolute atomic E-state index is 13.6. The normalized spacial score (nSPS) is 17.7. The van der Waals surface area contributed by atoms with Crippen LogP contribution in [0.25, 0.3) is 33.1 Å². The number of likely N-dealkylation sites (tertiary alicyclic amines) is 2. The summed E-state index contributed by atoms with van der Waals surface area (Å²) in [6.45, 7) is 8.65. The number of methoxy groups -OCH3 is 1. The molecule has 14 heteroatoms. The molecule has 2 aliphatic rings. The van der Waals surface area contributed by atoms with E-state index in [4.69, 9.17) is 9.72 Å². The van der Waals surface area contributed by atoms with E-state index in [0.29, 0.717) is 18.9 Å². The summed E-state index contributed by atoms with van der Waals surface area (Å²) in [5.74, 6) is 7.34. The van der Waals surface area contributed by atoms with Crippen LogP contribution in [0.1, 0.15) is 88.2 Å². The third kappa shape index (κ3) is 7.94. The molecular formula is C44H50N8O6. The Bertz CT molecular complexity index is 2410. The van der Waals surface area contributed by atoms with E-state index >= 15 is 0 Å². The molecule has 1 unspecified atom stereocenters. The smallest absolute Gasteiger partial charge is 0.407 e. The summed E-state index contributed by atoms with van der Waals surface area (Å²) in [4.78, 5) is 72.1. The summed E-state index contributed by atoms with van der Waals surface area (Å²) in [5.41, 5.74) is 5.18. The molecule has 14 nitrogen and oxygen atoms in total. The number of carbonyl (C=O) groups excluding carboxylic acids is 3. The first-order valence-electron chi connectivity index (χ1n) is 19.9. The third-order valence-electron chi connectivity index (χ3n) is 11.3. The number of carboxylic acid groups (broad SMARTS) is 1. The lowest BCUT2D eigenvalue weighted by Crippen LogP contribution is -2.51. The number of aromatic nitrogens is 4.